The van der Waals surface area contributed by atoms with Crippen LogP contribution in [-0.2, 0) is 11.3 Å². The fourth-order valence-corrected chi connectivity index (χ4v) is 1.74. The third-order valence-electron chi connectivity index (χ3n) is 2.26. The van der Waals surface area contributed by atoms with Crippen molar-refractivity contribution in [2.24, 2.45) is 0 Å². The molecular formula is C11H12Cl2FNO2. The molecule has 0 saturated heterocycles. The van der Waals surface area contributed by atoms with Gasteiger partial charge < -0.3 is 10.0 Å². The number of hydrogen-bond acceptors (Lipinski definition) is 2. The van der Waals surface area contributed by atoms with Crippen LogP contribution in [-0.4, -0.2) is 29.6 Å². The van der Waals surface area contributed by atoms with Crippen molar-refractivity contribution in [2.45, 2.75) is 13.0 Å². The normalized spacial score (nSPS) is 10.9. The average Bonchev–Trinajstić information content (AvgIpc) is 2.27. The number of halogens is 3. The largest absolute Gasteiger partial charge is 0.481 e. The summed E-state index contributed by atoms with van der Waals surface area (Å²) in [5, 5.41) is 8.61. The van der Waals surface area contributed by atoms with Crippen LogP contribution in [0, 0.1) is 5.82 Å². The quantitative estimate of drug-likeness (QED) is 0.843. The SMILES string of the molecule is CN(CCC(=O)O)Cc1ccc(F)c(Cl)c1Cl. The van der Waals surface area contributed by atoms with E-state index < -0.39 is 11.8 Å². The number of carboxylic acids is 1. The van der Waals surface area contributed by atoms with Crippen molar-refractivity contribution in [3.63, 3.8) is 0 Å². The number of nitrogens with zero attached hydrogens (tertiary/aromatic N) is 1. The molecule has 0 aliphatic rings. The fraction of sp³-hybridized carbons (Fsp3) is 0.364. The molecule has 0 aliphatic carbocycles. The summed E-state index contributed by atoms with van der Waals surface area (Å²) in [6.45, 7) is 0.812. The summed E-state index contributed by atoms with van der Waals surface area (Å²) in [5.41, 5.74) is 0.672. The summed E-state index contributed by atoms with van der Waals surface area (Å²) in [6, 6.07) is 2.79. The van der Waals surface area contributed by atoms with Gasteiger partial charge in [0, 0.05) is 13.1 Å². The summed E-state index contributed by atoms with van der Waals surface area (Å²) in [6.07, 6.45) is 0.0447. The van der Waals surface area contributed by atoms with Crippen molar-refractivity contribution < 1.29 is 14.3 Å². The van der Waals surface area contributed by atoms with E-state index in [1.807, 2.05) is 0 Å². The zero-order chi connectivity index (χ0) is 13.0. The molecule has 0 bridgehead atoms. The number of hydrogen-bond donors (Lipinski definition) is 1. The van der Waals surface area contributed by atoms with Gasteiger partial charge in [0.2, 0.25) is 0 Å². The molecule has 0 saturated carbocycles. The van der Waals surface area contributed by atoms with Crippen molar-refractivity contribution >= 4 is 29.2 Å². The van der Waals surface area contributed by atoms with Crippen LogP contribution in [0.5, 0.6) is 0 Å². The Hall–Kier alpha value is -0.840. The maximum absolute atomic E-state index is 13.0. The van der Waals surface area contributed by atoms with E-state index in [1.165, 1.54) is 6.07 Å². The molecule has 94 valence electrons. The highest BCUT2D eigenvalue weighted by molar-refractivity contribution is 6.42. The summed E-state index contributed by atoms with van der Waals surface area (Å²) >= 11 is 11.6. The standard InChI is InChI=1S/C11H12Cl2FNO2/c1-15(5-4-9(16)17)6-7-2-3-8(14)11(13)10(7)12/h2-3H,4-6H2,1H3,(H,16,17). The number of aliphatic carboxylic acids is 1. The number of carbonyl (C=O) groups is 1. The van der Waals surface area contributed by atoms with Crippen molar-refractivity contribution in [1.82, 2.24) is 4.90 Å². The average molecular weight is 280 g/mol. The molecule has 17 heavy (non-hydrogen) atoms. The maximum Gasteiger partial charge on any atom is 0.304 e. The van der Waals surface area contributed by atoms with Gasteiger partial charge in [-0.1, -0.05) is 29.3 Å². The van der Waals surface area contributed by atoms with Crippen LogP contribution < -0.4 is 0 Å². The molecule has 0 heterocycles. The van der Waals surface area contributed by atoms with E-state index in [0.717, 1.165) is 0 Å². The van der Waals surface area contributed by atoms with Crippen molar-refractivity contribution in [3.05, 3.63) is 33.6 Å². The van der Waals surface area contributed by atoms with Gasteiger partial charge in [-0.25, -0.2) is 4.39 Å². The van der Waals surface area contributed by atoms with E-state index >= 15 is 0 Å². The van der Waals surface area contributed by atoms with E-state index in [2.05, 4.69) is 0 Å². The first-order valence-corrected chi connectivity index (χ1v) is 5.70. The minimum absolute atomic E-state index is 0.0447. The van der Waals surface area contributed by atoms with E-state index in [1.54, 1.807) is 18.0 Å². The van der Waals surface area contributed by atoms with Crippen LogP contribution in [0.1, 0.15) is 12.0 Å². The Balaban J connectivity index is 2.68. The van der Waals surface area contributed by atoms with Gasteiger partial charge in [-0.3, -0.25) is 4.79 Å². The van der Waals surface area contributed by atoms with Gasteiger partial charge in [-0.05, 0) is 18.7 Å². The molecule has 6 heteroatoms. The highest BCUT2D eigenvalue weighted by Gasteiger charge is 2.11. The minimum atomic E-state index is -0.861. The molecule has 0 atom stereocenters. The summed E-state index contributed by atoms with van der Waals surface area (Å²) < 4.78 is 13.0. The van der Waals surface area contributed by atoms with Crippen LogP contribution in [0.4, 0.5) is 4.39 Å². The summed E-state index contributed by atoms with van der Waals surface area (Å²) in [7, 11) is 1.76. The van der Waals surface area contributed by atoms with E-state index in [4.69, 9.17) is 28.3 Å². The Labute approximate surface area is 109 Å². The third kappa shape index (κ3) is 4.15. The van der Waals surface area contributed by atoms with Crippen LogP contribution in [0.25, 0.3) is 0 Å². The lowest BCUT2D eigenvalue weighted by molar-refractivity contribution is -0.137. The Kier molecular flexibility index (Phi) is 5.18. The Bertz CT molecular complexity index is 426. The van der Waals surface area contributed by atoms with Gasteiger partial charge in [0.05, 0.1) is 16.5 Å². The number of carboxylic acid groups (broad SMARTS) is 1. The van der Waals surface area contributed by atoms with Crippen LogP contribution in [0.15, 0.2) is 12.1 Å². The highest BCUT2D eigenvalue weighted by Crippen LogP contribution is 2.29. The van der Waals surface area contributed by atoms with Gasteiger partial charge in [-0.15, -0.1) is 0 Å². The molecule has 3 nitrogen and oxygen atoms in total. The second-order valence-corrected chi connectivity index (χ2v) is 4.47. The molecule has 1 aromatic rings. The van der Waals surface area contributed by atoms with Gasteiger partial charge in [0.25, 0.3) is 0 Å². The molecule has 1 rings (SSSR count). The van der Waals surface area contributed by atoms with Crippen molar-refractivity contribution in [2.75, 3.05) is 13.6 Å². The third-order valence-corrected chi connectivity index (χ3v) is 3.16. The first-order chi connectivity index (χ1) is 7.91. The van der Waals surface area contributed by atoms with Gasteiger partial charge >= 0.3 is 5.97 Å². The van der Waals surface area contributed by atoms with E-state index in [9.17, 15) is 9.18 Å². The predicted octanol–water partition coefficient (Wildman–Crippen LogP) is 3.04. The van der Waals surface area contributed by atoms with Crippen molar-refractivity contribution in [1.29, 1.82) is 0 Å². The smallest absolute Gasteiger partial charge is 0.304 e. The van der Waals surface area contributed by atoms with E-state index in [-0.39, 0.29) is 16.5 Å². The second kappa shape index (κ2) is 6.19. The fourth-order valence-electron chi connectivity index (χ4n) is 1.34. The number of benzene rings is 1. The minimum Gasteiger partial charge on any atom is -0.481 e. The zero-order valence-corrected chi connectivity index (χ0v) is 10.7. The molecule has 0 aromatic heterocycles. The molecule has 1 aromatic carbocycles. The van der Waals surface area contributed by atoms with Crippen LogP contribution in [0.3, 0.4) is 0 Å². The first-order valence-electron chi connectivity index (χ1n) is 4.94. The molecule has 0 aliphatic heterocycles. The Morgan fingerprint density at radius 1 is 1.41 bits per heavy atom. The van der Waals surface area contributed by atoms with Crippen molar-refractivity contribution in [3.8, 4) is 0 Å². The molecule has 0 amide bonds. The number of rotatable bonds is 5. The molecule has 0 radical (unpaired) electrons. The Morgan fingerprint density at radius 2 is 2.06 bits per heavy atom. The molecule has 0 spiro atoms. The molecule has 1 N–H and O–H groups in total. The van der Waals surface area contributed by atoms with E-state index in [0.29, 0.717) is 18.7 Å². The monoisotopic (exact) mass is 279 g/mol. The summed E-state index contributed by atoms with van der Waals surface area (Å²) in [4.78, 5) is 12.2. The topological polar surface area (TPSA) is 40.5 Å². The van der Waals surface area contributed by atoms with Gasteiger partial charge in [0.15, 0.2) is 0 Å². The predicted molar refractivity (Wildman–Crippen MR) is 65.0 cm³/mol. The lowest BCUT2D eigenvalue weighted by Crippen LogP contribution is -2.21. The highest BCUT2D eigenvalue weighted by atomic mass is 35.5. The van der Waals surface area contributed by atoms with Gasteiger partial charge in [0.1, 0.15) is 5.82 Å². The zero-order valence-electron chi connectivity index (χ0n) is 9.21. The second-order valence-electron chi connectivity index (χ2n) is 3.72. The van der Waals surface area contributed by atoms with Crippen LogP contribution >= 0.6 is 23.2 Å². The lowest BCUT2D eigenvalue weighted by atomic mass is 10.2. The molecule has 0 unspecified atom stereocenters. The molecule has 0 fully saturated rings. The van der Waals surface area contributed by atoms with Crippen LogP contribution in [0.2, 0.25) is 10.0 Å². The first kappa shape index (κ1) is 14.2. The maximum atomic E-state index is 13.0. The molecular weight excluding hydrogens is 268 g/mol. The lowest BCUT2D eigenvalue weighted by Gasteiger charge is -2.16. The van der Waals surface area contributed by atoms with Gasteiger partial charge in [-0.2, -0.15) is 0 Å². The Morgan fingerprint density at radius 3 is 2.65 bits per heavy atom. The summed E-state index contributed by atoms with van der Waals surface area (Å²) in [5.74, 6) is -1.42.